The van der Waals surface area contributed by atoms with Crippen LogP contribution >= 0.6 is 12.2 Å². The van der Waals surface area contributed by atoms with E-state index < -0.39 is 21.6 Å². The van der Waals surface area contributed by atoms with E-state index in [1.54, 1.807) is 43.4 Å². The van der Waals surface area contributed by atoms with Crippen molar-refractivity contribution in [2.24, 2.45) is 5.16 Å². The topological polar surface area (TPSA) is 85.3 Å². The SMILES string of the molecule is CON=C(C(=O)OC)c1ccccc1CS(=O)(=O)C(=S)N(C)c1ccc(C)cc1. The second-order valence-corrected chi connectivity index (χ2v) is 8.74. The van der Waals surface area contributed by atoms with Crippen LogP contribution in [0.15, 0.2) is 53.7 Å². The third kappa shape index (κ3) is 5.39. The van der Waals surface area contributed by atoms with Crippen molar-refractivity contribution in [3.05, 3.63) is 65.2 Å². The molecule has 0 atom stereocenters. The van der Waals surface area contributed by atoms with Gasteiger partial charge in [0.25, 0.3) is 0 Å². The number of esters is 1. The highest BCUT2D eigenvalue weighted by molar-refractivity contribution is 8.17. The molecular formula is C20H22N2O5S2. The maximum absolute atomic E-state index is 13.0. The Labute approximate surface area is 175 Å². The summed E-state index contributed by atoms with van der Waals surface area (Å²) in [4.78, 5) is 18.2. The minimum Gasteiger partial charge on any atom is -0.464 e. The average molecular weight is 435 g/mol. The van der Waals surface area contributed by atoms with Gasteiger partial charge in [0.2, 0.25) is 9.84 Å². The zero-order chi connectivity index (χ0) is 21.6. The lowest BCUT2D eigenvalue weighted by Gasteiger charge is -2.20. The number of rotatable bonds is 6. The zero-order valence-corrected chi connectivity index (χ0v) is 18.2. The molecule has 0 amide bonds. The molecule has 0 saturated carbocycles. The summed E-state index contributed by atoms with van der Waals surface area (Å²) in [6.07, 6.45) is 0. The van der Waals surface area contributed by atoms with E-state index in [9.17, 15) is 13.2 Å². The van der Waals surface area contributed by atoms with Crippen molar-refractivity contribution in [1.29, 1.82) is 0 Å². The molecule has 0 saturated heterocycles. The molecule has 0 aromatic heterocycles. The number of carbonyl (C=O) groups excluding carboxylic acids is 1. The molecule has 0 unspecified atom stereocenters. The van der Waals surface area contributed by atoms with Crippen LogP contribution in [-0.2, 0) is 30.0 Å². The van der Waals surface area contributed by atoms with Crippen LogP contribution in [0.2, 0.25) is 0 Å². The highest BCUT2D eigenvalue weighted by atomic mass is 32.2. The Kier molecular flexibility index (Phi) is 7.46. The Morgan fingerprint density at radius 2 is 1.72 bits per heavy atom. The van der Waals surface area contributed by atoms with E-state index in [0.29, 0.717) is 16.8 Å². The van der Waals surface area contributed by atoms with E-state index >= 15 is 0 Å². The predicted octanol–water partition coefficient (Wildman–Crippen LogP) is 2.85. The Bertz CT molecular complexity index is 1030. The number of hydrogen-bond donors (Lipinski definition) is 0. The van der Waals surface area contributed by atoms with Crippen molar-refractivity contribution in [3.8, 4) is 0 Å². The molecule has 0 fully saturated rings. The summed E-state index contributed by atoms with van der Waals surface area (Å²) in [6, 6.07) is 13.8. The first-order chi connectivity index (χ1) is 13.7. The second-order valence-electron chi connectivity index (χ2n) is 6.19. The van der Waals surface area contributed by atoms with Crippen LogP contribution < -0.4 is 4.90 Å². The fourth-order valence-corrected chi connectivity index (χ4v) is 4.20. The molecule has 0 aliphatic carbocycles. The summed E-state index contributed by atoms with van der Waals surface area (Å²) >= 11 is 5.25. The molecule has 0 N–H and O–H groups in total. The molecule has 154 valence electrons. The highest BCUT2D eigenvalue weighted by Crippen LogP contribution is 2.20. The van der Waals surface area contributed by atoms with Gasteiger partial charge in [0.1, 0.15) is 7.11 Å². The number of carbonyl (C=O) groups is 1. The number of thiocarbonyl (C=S) groups is 1. The standard InChI is InChI=1S/C20H22N2O5S2/c1-14-9-11-16(12-10-14)22(2)20(28)29(24,25)13-15-7-5-6-8-17(15)18(21-27-4)19(23)26-3/h5-12H,13H2,1-4H3. The van der Waals surface area contributed by atoms with Gasteiger partial charge in [-0.2, -0.15) is 0 Å². The number of anilines is 1. The summed E-state index contributed by atoms with van der Waals surface area (Å²) in [7, 11) is 0.228. The minimum atomic E-state index is -3.86. The fourth-order valence-electron chi connectivity index (χ4n) is 2.61. The van der Waals surface area contributed by atoms with Gasteiger partial charge in [-0.05, 0) is 36.8 Å². The van der Waals surface area contributed by atoms with Gasteiger partial charge in [0.05, 0.1) is 12.9 Å². The number of sulfone groups is 1. The van der Waals surface area contributed by atoms with Gasteiger partial charge >= 0.3 is 5.97 Å². The first-order valence-corrected chi connectivity index (χ1v) is 10.6. The normalized spacial score (nSPS) is 11.7. The first-order valence-electron chi connectivity index (χ1n) is 8.56. The largest absolute Gasteiger partial charge is 0.464 e. The minimum absolute atomic E-state index is 0.126. The molecule has 9 heteroatoms. The van der Waals surface area contributed by atoms with Crippen LogP contribution in [0.1, 0.15) is 16.7 Å². The van der Waals surface area contributed by atoms with E-state index in [1.165, 1.54) is 19.1 Å². The Balaban J connectivity index is 2.37. The highest BCUT2D eigenvalue weighted by Gasteiger charge is 2.27. The summed E-state index contributed by atoms with van der Waals surface area (Å²) in [5.41, 5.74) is 2.24. The summed E-state index contributed by atoms with van der Waals surface area (Å²) in [5, 5.41) is 3.70. The van der Waals surface area contributed by atoms with E-state index in [1.807, 2.05) is 19.1 Å². The van der Waals surface area contributed by atoms with Gasteiger partial charge in [-0.1, -0.05) is 47.1 Å². The molecular weight excluding hydrogens is 412 g/mol. The number of nitrogens with zero attached hydrogens (tertiary/aromatic N) is 2. The second kappa shape index (κ2) is 9.62. The first kappa shape index (κ1) is 22.5. The van der Waals surface area contributed by atoms with Gasteiger partial charge in [-0.15, -0.1) is 0 Å². The molecule has 0 aliphatic heterocycles. The number of oxime groups is 1. The van der Waals surface area contributed by atoms with Crippen LogP contribution in [0.5, 0.6) is 0 Å². The molecule has 2 aromatic rings. The van der Waals surface area contributed by atoms with Gasteiger partial charge < -0.3 is 14.5 Å². The third-order valence-corrected chi connectivity index (χ3v) is 6.67. The Morgan fingerprint density at radius 1 is 1.10 bits per heavy atom. The van der Waals surface area contributed by atoms with Gasteiger partial charge in [-0.3, -0.25) is 0 Å². The fraction of sp³-hybridized carbons (Fsp3) is 0.250. The van der Waals surface area contributed by atoms with E-state index in [-0.39, 0.29) is 10.0 Å². The molecule has 0 heterocycles. The van der Waals surface area contributed by atoms with Crippen molar-refractivity contribution >= 4 is 43.7 Å². The monoisotopic (exact) mass is 434 g/mol. The summed E-state index contributed by atoms with van der Waals surface area (Å²) in [5.74, 6) is -1.14. The smallest absolute Gasteiger partial charge is 0.360 e. The molecule has 0 bridgehead atoms. The van der Waals surface area contributed by atoms with E-state index in [2.05, 4.69) is 5.16 Å². The third-order valence-electron chi connectivity index (χ3n) is 4.14. The van der Waals surface area contributed by atoms with Crippen LogP contribution in [-0.4, -0.2) is 45.7 Å². The lowest BCUT2D eigenvalue weighted by molar-refractivity contribution is -0.132. The maximum atomic E-state index is 13.0. The molecule has 0 radical (unpaired) electrons. The van der Waals surface area contributed by atoms with Crippen molar-refractivity contribution in [2.75, 3.05) is 26.2 Å². The number of aryl methyl sites for hydroxylation is 1. The van der Waals surface area contributed by atoms with Crippen LogP contribution in [0.25, 0.3) is 0 Å². The summed E-state index contributed by atoms with van der Waals surface area (Å²) in [6.45, 7) is 1.94. The predicted molar refractivity (Wildman–Crippen MR) is 117 cm³/mol. The van der Waals surface area contributed by atoms with Gasteiger partial charge in [0.15, 0.2) is 10.0 Å². The van der Waals surface area contributed by atoms with Crippen molar-refractivity contribution in [1.82, 2.24) is 0 Å². The molecule has 29 heavy (non-hydrogen) atoms. The van der Waals surface area contributed by atoms with Crippen LogP contribution in [0.3, 0.4) is 0 Å². The van der Waals surface area contributed by atoms with Crippen LogP contribution in [0.4, 0.5) is 5.69 Å². The van der Waals surface area contributed by atoms with Crippen molar-refractivity contribution in [3.63, 3.8) is 0 Å². The lowest BCUT2D eigenvalue weighted by Crippen LogP contribution is -2.33. The Hall–Kier alpha value is -2.78. The number of ether oxygens (including phenoxy) is 1. The number of hydrogen-bond acceptors (Lipinski definition) is 7. The molecule has 7 nitrogen and oxygen atoms in total. The van der Waals surface area contributed by atoms with E-state index in [4.69, 9.17) is 21.8 Å². The number of benzene rings is 2. The van der Waals surface area contributed by atoms with Crippen LogP contribution in [0, 0.1) is 6.92 Å². The molecule has 0 aliphatic rings. The molecule has 0 spiro atoms. The van der Waals surface area contributed by atoms with E-state index in [0.717, 1.165) is 5.56 Å². The van der Waals surface area contributed by atoms with Gasteiger partial charge in [-0.25, -0.2) is 13.2 Å². The van der Waals surface area contributed by atoms with Crippen molar-refractivity contribution < 1.29 is 22.8 Å². The quantitative estimate of drug-likeness (QED) is 0.299. The summed E-state index contributed by atoms with van der Waals surface area (Å²) < 4.78 is 30.5. The maximum Gasteiger partial charge on any atom is 0.360 e. The average Bonchev–Trinajstić information content (AvgIpc) is 2.71. The number of methoxy groups -OCH3 is 1. The van der Waals surface area contributed by atoms with Gasteiger partial charge in [0, 0.05) is 18.3 Å². The van der Waals surface area contributed by atoms with Crippen molar-refractivity contribution in [2.45, 2.75) is 12.7 Å². The zero-order valence-electron chi connectivity index (χ0n) is 16.6. The molecule has 2 aromatic carbocycles. The Morgan fingerprint density at radius 3 is 2.31 bits per heavy atom. The molecule has 2 rings (SSSR count). The lowest BCUT2D eigenvalue weighted by atomic mass is 10.0.